The molecule has 0 bridgehead atoms. The predicted octanol–water partition coefficient (Wildman–Crippen LogP) is 1.70. The maximum absolute atomic E-state index is 10.6. The Kier molecular flexibility index (Phi) is 4.57. The van der Waals surface area contributed by atoms with Gasteiger partial charge in [-0.1, -0.05) is 6.92 Å². The third-order valence-corrected chi connectivity index (χ3v) is 4.03. The Morgan fingerprint density at radius 2 is 2.25 bits per heavy atom. The van der Waals surface area contributed by atoms with Gasteiger partial charge in [0.1, 0.15) is 11.0 Å². The molecule has 0 radical (unpaired) electrons. The zero-order valence-corrected chi connectivity index (χ0v) is 13.4. The molecule has 8 heteroatoms. The van der Waals surface area contributed by atoms with Gasteiger partial charge in [0.25, 0.3) is 0 Å². The van der Waals surface area contributed by atoms with E-state index in [4.69, 9.17) is 15.8 Å². The summed E-state index contributed by atoms with van der Waals surface area (Å²) in [5.41, 5.74) is 9.85. The van der Waals surface area contributed by atoms with Crippen molar-refractivity contribution in [1.82, 2.24) is 24.8 Å². The van der Waals surface area contributed by atoms with Crippen molar-refractivity contribution >= 4 is 28.2 Å². The van der Waals surface area contributed by atoms with E-state index in [1.807, 2.05) is 16.7 Å². The van der Waals surface area contributed by atoms with Crippen molar-refractivity contribution in [2.24, 2.45) is 5.73 Å². The van der Waals surface area contributed by atoms with E-state index in [9.17, 15) is 4.79 Å². The maximum atomic E-state index is 10.6. The van der Waals surface area contributed by atoms with Gasteiger partial charge < -0.3 is 20.7 Å². The second-order valence-electron chi connectivity index (χ2n) is 5.71. The topological polar surface area (TPSA) is 119 Å². The molecular weight excluding hydrogens is 308 g/mol. The van der Waals surface area contributed by atoms with Crippen LogP contribution < -0.4 is 11.1 Å². The van der Waals surface area contributed by atoms with Gasteiger partial charge in [0.15, 0.2) is 0 Å². The summed E-state index contributed by atoms with van der Waals surface area (Å²) in [6, 6.07) is 3.78. The van der Waals surface area contributed by atoms with Crippen molar-refractivity contribution in [1.29, 1.82) is 0 Å². The number of carboxylic acid groups (broad SMARTS) is 1. The molecule has 126 valence electrons. The fourth-order valence-corrected chi connectivity index (χ4v) is 2.85. The maximum Gasteiger partial charge on any atom is 0.404 e. The number of nitrogens with two attached hydrogens (primary N) is 1. The summed E-state index contributed by atoms with van der Waals surface area (Å²) in [5, 5.41) is 11.1. The summed E-state index contributed by atoms with van der Waals surface area (Å²) < 4.78 is 1.92. The van der Waals surface area contributed by atoms with Gasteiger partial charge in [-0.15, -0.1) is 0 Å². The molecule has 1 amide bonds. The molecule has 4 N–H and O–H groups in total. The van der Waals surface area contributed by atoms with E-state index < -0.39 is 6.09 Å². The number of amides is 1. The van der Waals surface area contributed by atoms with Gasteiger partial charge in [0.2, 0.25) is 0 Å². The van der Waals surface area contributed by atoms with Crippen molar-refractivity contribution in [3.63, 3.8) is 0 Å². The molecule has 0 aliphatic heterocycles. The Hall–Kier alpha value is -2.74. The molecule has 3 aromatic heterocycles. The summed E-state index contributed by atoms with van der Waals surface area (Å²) in [7, 11) is 0. The first-order valence-corrected chi connectivity index (χ1v) is 7.88. The number of pyridine rings is 2. The Balaban J connectivity index is 2.12. The molecule has 0 aromatic carbocycles. The van der Waals surface area contributed by atoms with E-state index in [0.717, 1.165) is 34.2 Å². The Morgan fingerprint density at radius 3 is 3.00 bits per heavy atom. The Morgan fingerprint density at radius 1 is 1.42 bits per heavy atom. The van der Waals surface area contributed by atoms with E-state index in [1.165, 1.54) is 0 Å². The van der Waals surface area contributed by atoms with Crippen LogP contribution in [0.2, 0.25) is 0 Å². The third-order valence-electron chi connectivity index (χ3n) is 4.03. The summed E-state index contributed by atoms with van der Waals surface area (Å²) in [4.78, 5) is 24.4. The number of carbonyl (C=O) groups is 1. The lowest BCUT2D eigenvalue weighted by molar-refractivity contribution is 0.194. The average molecular weight is 328 g/mol. The van der Waals surface area contributed by atoms with Crippen LogP contribution in [0.25, 0.3) is 22.1 Å². The van der Waals surface area contributed by atoms with Crippen molar-refractivity contribution < 1.29 is 9.90 Å². The highest BCUT2D eigenvalue weighted by Crippen LogP contribution is 2.29. The molecule has 1 atom stereocenters. The number of rotatable bonds is 6. The fraction of sp³-hybridized carbons (Fsp3) is 0.375. The van der Waals surface area contributed by atoms with E-state index in [-0.39, 0.29) is 5.92 Å². The standard InChI is InChI=1S/C16H20N6O2/c1-10(4-5-17)12-14-15(13-11(21-12)3-2-6-18-13)22(9-20-14)8-7-19-16(23)24/h2-3,6,9-10,19H,4-5,7-8,17H2,1H3,(H,23,24). The van der Waals surface area contributed by atoms with Crippen LogP contribution >= 0.6 is 0 Å². The Bertz CT molecular complexity index is 876. The molecule has 0 fully saturated rings. The molecule has 0 aliphatic carbocycles. The molecule has 24 heavy (non-hydrogen) atoms. The van der Waals surface area contributed by atoms with Gasteiger partial charge in [-0.3, -0.25) is 4.98 Å². The molecule has 1 unspecified atom stereocenters. The zero-order chi connectivity index (χ0) is 17.1. The fourth-order valence-electron chi connectivity index (χ4n) is 2.85. The summed E-state index contributed by atoms with van der Waals surface area (Å²) in [6.07, 6.45) is 3.21. The number of fused-ring (bicyclic) bond motifs is 3. The van der Waals surface area contributed by atoms with Crippen molar-refractivity contribution in [3.8, 4) is 0 Å². The first-order chi connectivity index (χ1) is 11.6. The van der Waals surface area contributed by atoms with Gasteiger partial charge in [-0.05, 0) is 25.1 Å². The number of hydrogen-bond donors (Lipinski definition) is 3. The van der Waals surface area contributed by atoms with Crippen LogP contribution in [0.3, 0.4) is 0 Å². The smallest absolute Gasteiger partial charge is 0.404 e. The van der Waals surface area contributed by atoms with Crippen LogP contribution in [0.1, 0.15) is 25.0 Å². The molecule has 0 saturated heterocycles. The van der Waals surface area contributed by atoms with E-state index in [1.54, 1.807) is 12.5 Å². The van der Waals surface area contributed by atoms with Crippen LogP contribution in [0, 0.1) is 0 Å². The van der Waals surface area contributed by atoms with Crippen LogP contribution in [0.4, 0.5) is 4.79 Å². The van der Waals surface area contributed by atoms with Gasteiger partial charge in [0.05, 0.1) is 23.1 Å². The van der Waals surface area contributed by atoms with Gasteiger partial charge in [-0.25, -0.2) is 14.8 Å². The SMILES string of the molecule is CC(CCN)c1nc2cccnc2c2c1ncn2CCNC(=O)O. The first kappa shape index (κ1) is 16.1. The van der Waals surface area contributed by atoms with Gasteiger partial charge in [-0.2, -0.15) is 0 Å². The summed E-state index contributed by atoms with van der Waals surface area (Å²) >= 11 is 0. The monoisotopic (exact) mass is 328 g/mol. The average Bonchev–Trinajstić information content (AvgIpc) is 2.98. The highest BCUT2D eigenvalue weighted by atomic mass is 16.4. The van der Waals surface area contributed by atoms with Gasteiger partial charge >= 0.3 is 6.09 Å². The number of nitrogens with one attached hydrogen (secondary N) is 1. The second kappa shape index (κ2) is 6.79. The van der Waals surface area contributed by atoms with Crippen LogP contribution in [-0.4, -0.2) is 43.8 Å². The van der Waals surface area contributed by atoms with E-state index in [2.05, 4.69) is 22.2 Å². The van der Waals surface area contributed by atoms with Gasteiger partial charge in [0, 0.05) is 25.2 Å². The van der Waals surface area contributed by atoms with Crippen LogP contribution in [0.5, 0.6) is 0 Å². The molecule has 0 spiro atoms. The molecule has 0 saturated carbocycles. The highest BCUT2D eigenvalue weighted by Gasteiger charge is 2.18. The van der Waals surface area contributed by atoms with Crippen molar-refractivity contribution in [3.05, 3.63) is 30.4 Å². The minimum atomic E-state index is -1.04. The van der Waals surface area contributed by atoms with Crippen LogP contribution in [-0.2, 0) is 6.54 Å². The molecule has 3 aromatic rings. The Labute approximate surface area is 138 Å². The quantitative estimate of drug-likeness (QED) is 0.633. The summed E-state index contributed by atoms with van der Waals surface area (Å²) in [5.74, 6) is 0.183. The van der Waals surface area contributed by atoms with Crippen molar-refractivity contribution in [2.75, 3.05) is 13.1 Å². The third kappa shape index (κ3) is 3.00. The van der Waals surface area contributed by atoms with Crippen LogP contribution in [0.15, 0.2) is 24.7 Å². The number of hydrogen-bond acceptors (Lipinski definition) is 5. The van der Waals surface area contributed by atoms with E-state index >= 15 is 0 Å². The molecule has 0 aliphatic rings. The second-order valence-corrected chi connectivity index (χ2v) is 5.71. The number of imidazole rings is 1. The molecule has 8 nitrogen and oxygen atoms in total. The highest BCUT2D eigenvalue weighted by molar-refractivity contribution is 6.00. The molecule has 3 heterocycles. The summed E-state index contributed by atoms with van der Waals surface area (Å²) in [6.45, 7) is 3.44. The number of aromatic nitrogens is 4. The minimum Gasteiger partial charge on any atom is -0.465 e. The largest absolute Gasteiger partial charge is 0.465 e. The number of nitrogens with zero attached hydrogens (tertiary/aromatic N) is 4. The zero-order valence-electron chi connectivity index (χ0n) is 13.4. The lowest BCUT2D eigenvalue weighted by Crippen LogP contribution is -2.25. The lowest BCUT2D eigenvalue weighted by atomic mass is 10.0. The lowest BCUT2D eigenvalue weighted by Gasteiger charge is -2.13. The first-order valence-electron chi connectivity index (χ1n) is 7.88. The normalized spacial score (nSPS) is 12.6. The minimum absolute atomic E-state index is 0.183. The predicted molar refractivity (Wildman–Crippen MR) is 90.9 cm³/mol. The molecule has 3 rings (SSSR count). The van der Waals surface area contributed by atoms with E-state index in [0.29, 0.717) is 19.6 Å². The molecular formula is C16H20N6O2. The van der Waals surface area contributed by atoms with Crippen molar-refractivity contribution in [2.45, 2.75) is 25.8 Å².